The molecule has 1 saturated heterocycles. The lowest BCUT2D eigenvalue weighted by molar-refractivity contribution is -0.121. The fourth-order valence-corrected chi connectivity index (χ4v) is 1.91. The van der Waals surface area contributed by atoms with Gasteiger partial charge in [0.25, 0.3) is 0 Å². The molecule has 0 radical (unpaired) electrons. The van der Waals surface area contributed by atoms with Gasteiger partial charge in [0.15, 0.2) is 0 Å². The summed E-state index contributed by atoms with van der Waals surface area (Å²) in [5, 5.41) is 14.5. The maximum Gasteiger partial charge on any atom is 0.321 e. The van der Waals surface area contributed by atoms with E-state index >= 15 is 0 Å². The highest BCUT2D eigenvalue weighted by atomic mass is 16.3. The van der Waals surface area contributed by atoms with Gasteiger partial charge in [-0.05, 0) is 32.7 Å². The number of hydrogen-bond acceptors (Lipinski definition) is 4. The molecular formula is C11H21N3O3. The Kier molecular flexibility index (Phi) is 4.89. The predicted octanol–water partition coefficient (Wildman–Crippen LogP) is -0.321. The number of rotatable bonds is 2. The Balaban J connectivity index is 2.36. The molecule has 0 spiro atoms. The van der Waals surface area contributed by atoms with Crippen LogP contribution in [0.15, 0.2) is 0 Å². The first-order valence-electron chi connectivity index (χ1n) is 5.89. The largest absolute Gasteiger partial charge is 0.390 e. The molecule has 1 rings (SSSR count). The van der Waals surface area contributed by atoms with Crippen molar-refractivity contribution in [2.75, 3.05) is 26.7 Å². The number of imide groups is 1. The van der Waals surface area contributed by atoms with Crippen molar-refractivity contribution >= 4 is 11.9 Å². The highest BCUT2D eigenvalue weighted by molar-refractivity contribution is 5.95. The fourth-order valence-electron chi connectivity index (χ4n) is 1.91. The van der Waals surface area contributed by atoms with Crippen molar-refractivity contribution in [3.63, 3.8) is 0 Å². The van der Waals surface area contributed by atoms with Crippen molar-refractivity contribution in [1.29, 1.82) is 0 Å². The molecule has 98 valence electrons. The molecule has 0 aromatic carbocycles. The summed E-state index contributed by atoms with van der Waals surface area (Å²) in [6.07, 6.45) is 2.26. The summed E-state index contributed by atoms with van der Waals surface area (Å²) >= 11 is 0. The number of nitrogens with zero attached hydrogens (tertiary/aromatic N) is 1. The topological polar surface area (TPSA) is 81.7 Å². The fraction of sp³-hybridized carbons (Fsp3) is 0.818. The van der Waals surface area contributed by atoms with E-state index in [2.05, 4.69) is 10.6 Å². The summed E-state index contributed by atoms with van der Waals surface area (Å²) in [5.41, 5.74) is -0.633. The molecule has 1 aliphatic rings. The summed E-state index contributed by atoms with van der Waals surface area (Å²) in [7, 11) is 1.46. The molecule has 3 N–H and O–H groups in total. The molecule has 1 atom stereocenters. The number of carbonyl (C=O) groups excluding carboxylic acids is 2. The molecular weight excluding hydrogens is 222 g/mol. The third-order valence-electron chi connectivity index (χ3n) is 3.00. The monoisotopic (exact) mass is 243 g/mol. The molecule has 0 bridgehead atoms. The summed E-state index contributed by atoms with van der Waals surface area (Å²) < 4.78 is 0. The highest BCUT2D eigenvalue weighted by Gasteiger charge is 2.25. The molecule has 6 nitrogen and oxygen atoms in total. The van der Waals surface area contributed by atoms with E-state index in [-0.39, 0.29) is 12.5 Å². The van der Waals surface area contributed by atoms with E-state index < -0.39 is 11.6 Å². The molecule has 0 aromatic rings. The Morgan fingerprint density at radius 1 is 1.35 bits per heavy atom. The molecule has 0 aromatic heterocycles. The van der Waals surface area contributed by atoms with Crippen LogP contribution in [0.3, 0.4) is 0 Å². The SMILES string of the molecule is CNC(=O)NC(=O)CN1CCCC(C)(O)CC1. The standard InChI is InChI=1S/C11H21N3O3/c1-11(17)4-3-6-14(7-5-11)8-9(15)13-10(16)12-2/h17H,3-8H2,1-2H3,(H2,12,13,15,16). The molecule has 1 heterocycles. The van der Waals surface area contributed by atoms with Crippen LogP contribution in [0, 0.1) is 0 Å². The minimum Gasteiger partial charge on any atom is -0.390 e. The van der Waals surface area contributed by atoms with Gasteiger partial charge >= 0.3 is 6.03 Å². The van der Waals surface area contributed by atoms with E-state index in [4.69, 9.17) is 0 Å². The summed E-state index contributed by atoms with van der Waals surface area (Å²) in [6.45, 7) is 3.47. The van der Waals surface area contributed by atoms with Crippen LogP contribution in [0.25, 0.3) is 0 Å². The minimum atomic E-state index is -0.633. The van der Waals surface area contributed by atoms with E-state index in [0.717, 1.165) is 19.4 Å². The molecule has 0 saturated carbocycles. The molecule has 3 amide bonds. The van der Waals surface area contributed by atoms with E-state index in [9.17, 15) is 14.7 Å². The van der Waals surface area contributed by atoms with Crippen LogP contribution in [0.1, 0.15) is 26.2 Å². The van der Waals surface area contributed by atoms with Crippen molar-refractivity contribution in [1.82, 2.24) is 15.5 Å². The Bertz CT molecular complexity index is 292. The first kappa shape index (κ1) is 13.9. The Labute approximate surface area is 101 Å². The average molecular weight is 243 g/mol. The smallest absolute Gasteiger partial charge is 0.321 e. The van der Waals surface area contributed by atoms with Gasteiger partial charge in [-0.25, -0.2) is 4.79 Å². The second-order valence-electron chi connectivity index (χ2n) is 4.75. The third-order valence-corrected chi connectivity index (χ3v) is 3.00. The minimum absolute atomic E-state index is 0.198. The number of hydrogen-bond donors (Lipinski definition) is 3. The number of urea groups is 1. The van der Waals surface area contributed by atoms with Gasteiger partial charge in [0.05, 0.1) is 12.1 Å². The average Bonchev–Trinajstić information content (AvgIpc) is 2.40. The van der Waals surface area contributed by atoms with Crippen LogP contribution in [0.2, 0.25) is 0 Å². The van der Waals surface area contributed by atoms with Crippen LogP contribution < -0.4 is 10.6 Å². The van der Waals surface area contributed by atoms with E-state index in [0.29, 0.717) is 13.0 Å². The number of aliphatic hydroxyl groups is 1. The zero-order chi connectivity index (χ0) is 12.9. The van der Waals surface area contributed by atoms with Crippen LogP contribution in [0.4, 0.5) is 4.79 Å². The van der Waals surface area contributed by atoms with Gasteiger partial charge in [-0.1, -0.05) is 0 Å². The maximum absolute atomic E-state index is 11.5. The number of carbonyl (C=O) groups is 2. The van der Waals surface area contributed by atoms with Gasteiger partial charge in [0.2, 0.25) is 5.91 Å². The quantitative estimate of drug-likeness (QED) is 0.621. The normalized spacial score (nSPS) is 26.1. The lowest BCUT2D eigenvalue weighted by Crippen LogP contribution is -2.43. The Morgan fingerprint density at radius 3 is 2.71 bits per heavy atom. The first-order valence-corrected chi connectivity index (χ1v) is 5.89. The predicted molar refractivity (Wildman–Crippen MR) is 63.5 cm³/mol. The lowest BCUT2D eigenvalue weighted by Gasteiger charge is -2.21. The summed E-state index contributed by atoms with van der Waals surface area (Å²) in [5.74, 6) is -0.314. The van der Waals surface area contributed by atoms with Crippen molar-refractivity contribution in [3.05, 3.63) is 0 Å². The number of likely N-dealkylation sites (tertiary alicyclic amines) is 1. The zero-order valence-corrected chi connectivity index (χ0v) is 10.5. The van der Waals surface area contributed by atoms with Gasteiger partial charge < -0.3 is 10.4 Å². The molecule has 1 unspecified atom stereocenters. The van der Waals surface area contributed by atoms with Crippen LogP contribution in [0.5, 0.6) is 0 Å². The Morgan fingerprint density at radius 2 is 2.06 bits per heavy atom. The van der Waals surface area contributed by atoms with Gasteiger partial charge in [-0.2, -0.15) is 0 Å². The summed E-state index contributed by atoms with van der Waals surface area (Å²) in [4.78, 5) is 24.4. The van der Waals surface area contributed by atoms with Gasteiger partial charge in [0, 0.05) is 13.6 Å². The van der Waals surface area contributed by atoms with Crippen LogP contribution >= 0.6 is 0 Å². The highest BCUT2D eigenvalue weighted by Crippen LogP contribution is 2.20. The second-order valence-corrected chi connectivity index (χ2v) is 4.75. The van der Waals surface area contributed by atoms with Crippen LogP contribution in [-0.2, 0) is 4.79 Å². The molecule has 17 heavy (non-hydrogen) atoms. The van der Waals surface area contributed by atoms with E-state index in [1.165, 1.54) is 7.05 Å². The third kappa shape index (κ3) is 5.14. The molecule has 1 aliphatic heterocycles. The van der Waals surface area contributed by atoms with Crippen molar-refractivity contribution < 1.29 is 14.7 Å². The zero-order valence-electron chi connectivity index (χ0n) is 10.5. The van der Waals surface area contributed by atoms with E-state index in [1.54, 1.807) is 0 Å². The van der Waals surface area contributed by atoms with Crippen molar-refractivity contribution in [3.8, 4) is 0 Å². The number of nitrogens with one attached hydrogen (secondary N) is 2. The first-order chi connectivity index (χ1) is 7.93. The van der Waals surface area contributed by atoms with Gasteiger partial charge in [-0.3, -0.25) is 15.0 Å². The lowest BCUT2D eigenvalue weighted by atomic mass is 9.98. The second kappa shape index (κ2) is 5.97. The van der Waals surface area contributed by atoms with Gasteiger partial charge in [0.1, 0.15) is 0 Å². The Hall–Kier alpha value is -1.14. The van der Waals surface area contributed by atoms with Crippen LogP contribution in [-0.4, -0.2) is 54.2 Å². The van der Waals surface area contributed by atoms with Gasteiger partial charge in [-0.15, -0.1) is 0 Å². The maximum atomic E-state index is 11.5. The van der Waals surface area contributed by atoms with Crippen molar-refractivity contribution in [2.24, 2.45) is 0 Å². The number of amides is 3. The van der Waals surface area contributed by atoms with Crippen molar-refractivity contribution in [2.45, 2.75) is 31.8 Å². The van der Waals surface area contributed by atoms with E-state index in [1.807, 2.05) is 11.8 Å². The molecule has 1 fully saturated rings. The molecule has 0 aliphatic carbocycles. The summed E-state index contributed by atoms with van der Waals surface area (Å²) in [6, 6.07) is -0.489. The molecule has 6 heteroatoms.